The van der Waals surface area contributed by atoms with Crippen LogP contribution in [0.2, 0.25) is 0 Å². The van der Waals surface area contributed by atoms with Gasteiger partial charge in [0.2, 0.25) is 0 Å². The lowest BCUT2D eigenvalue weighted by atomic mass is 9.90. The van der Waals surface area contributed by atoms with E-state index in [4.69, 9.17) is 4.74 Å². The summed E-state index contributed by atoms with van der Waals surface area (Å²) in [7, 11) is 0. The number of β-amino-alcohol motifs (C(OH)–C–C–N with tert-alkyl or cyclic N) is 1. The average molecular weight is 528 g/mol. The van der Waals surface area contributed by atoms with Gasteiger partial charge in [0, 0.05) is 44.3 Å². The zero-order valence-corrected chi connectivity index (χ0v) is 21.6. The first-order valence-corrected chi connectivity index (χ1v) is 13.7. The van der Waals surface area contributed by atoms with Crippen LogP contribution in [0.15, 0.2) is 85.1 Å². The van der Waals surface area contributed by atoms with Crippen molar-refractivity contribution in [3.63, 3.8) is 0 Å². The van der Waals surface area contributed by atoms with Crippen LogP contribution in [0.1, 0.15) is 40.1 Å². The van der Waals surface area contributed by atoms with E-state index in [0.717, 1.165) is 65.1 Å². The molecule has 39 heavy (non-hydrogen) atoms. The second-order valence-electron chi connectivity index (χ2n) is 10.9. The molecule has 200 valence electrons. The average Bonchev–Trinajstić information content (AvgIpc) is 3.58. The van der Waals surface area contributed by atoms with Gasteiger partial charge in [-0.3, -0.25) is 14.8 Å². The van der Waals surface area contributed by atoms with E-state index in [1.807, 2.05) is 78.9 Å². The number of aliphatic hydroxyl groups is 1. The number of nitrogens with zero attached hydrogens (tertiary/aromatic N) is 3. The minimum absolute atomic E-state index is 0.0450. The Balaban J connectivity index is 1.04. The molecule has 4 aromatic rings. The van der Waals surface area contributed by atoms with Crippen molar-refractivity contribution < 1.29 is 18.6 Å². The molecule has 0 radical (unpaired) electrons. The third kappa shape index (κ3) is 4.29. The SMILES string of the molecule is O[C@@H](COc1cccc2ncccc12)CN1CCN([C@@H]2c3ccccc3[C@@H]3[C@H](c4ccccc42)C3(F)F)CC1. The van der Waals surface area contributed by atoms with Gasteiger partial charge in [0.25, 0.3) is 5.92 Å². The second-order valence-corrected chi connectivity index (χ2v) is 10.9. The van der Waals surface area contributed by atoms with Crippen molar-refractivity contribution in [3.8, 4) is 5.75 Å². The number of aromatic nitrogens is 1. The number of fused-ring (bicyclic) bond motifs is 6. The van der Waals surface area contributed by atoms with Gasteiger partial charge in [0.1, 0.15) is 18.5 Å². The topological polar surface area (TPSA) is 48.8 Å². The Morgan fingerprint density at radius 1 is 0.821 bits per heavy atom. The number of hydrogen-bond acceptors (Lipinski definition) is 5. The molecule has 0 spiro atoms. The zero-order valence-electron chi connectivity index (χ0n) is 21.6. The molecule has 1 saturated heterocycles. The van der Waals surface area contributed by atoms with Gasteiger partial charge in [-0.15, -0.1) is 0 Å². The fourth-order valence-electron chi connectivity index (χ4n) is 6.69. The lowest BCUT2D eigenvalue weighted by Gasteiger charge is -2.41. The van der Waals surface area contributed by atoms with Gasteiger partial charge < -0.3 is 9.84 Å². The highest BCUT2D eigenvalue weighted by atomic mass is 19.3. The van der Waals surface area contributed by atoms with Gasteiger partial charge in [-0.05, 0) is 46.5 Å². The van der Waals surface area contributed by atoms with Gasteiger partial charge in [-0.25, -0.2) is 8.78 Å². The molecule has 4 atom stereocenters. The fourth-order valence-corrected chi connectivity index (χ4v) is 6.69. The Morgan fingerprint density at radius 2 is 1.46 bits per heavy atom. The number of benzene rings is 3. The minimum atomic E-state index is -2.70. The quantitative estimate of drug-likeness (QED) is 0.373. The lowest BCUT2D eigenvalue weighted by molar-refractivity contribution is 0.0400. The summed E-state index contributed by atoms with van der Waals surface area (Å²) in [5.74, 6) is -3.46. The van der Waals surface area contributed by atoms with Crippen molar-refractivity contribution in [2.24, 2.45) is 0 Å². The summed E-state index contributed by atoms with van der Waals surface area (Å²) in [4.78, 5) is 9.04. The first-order chi connectivity index (χ1) is 19.0. The fraction of sp³-hybridized carbons (Fsp3) is 0.344. The molecular formula is C32H31F2N3O2. The summed E-state index contributed by atoms with van der Waals surface area (Å²) in [6.07, 6.45) is 1.13. The highest BCUT2D eigenvalue weighted by Crippen LogP contribution is 2.70. The van der Waals surface area contributed by atoms with Crippen LogP contribution in [-0.2, 0) is 0 Å². The summed E-state index contributed by atoms with van der Waals surface area (Å²) in [6, 6.07) is 25.1. The molecule has 3 aliphatic rings. The Bertz CT molecular complexity index is 1440. The van der Waals surface area contributed by atoms with Gasteiger partial charge in [-0.2, -0.15) is 0 Å². The van der Waals surface area contributed by atoms with E-state index < -0.39 is 23.9 Å². The molecule has 7 rings (SSSR count). The zero-order chi connectivity index (χ0) is 26.6. The van der Waals surface area contributed by atoms with E-state index in [1.165, 1.54) is 0 Å². The van der Waals surface area contributed by atoms with Crippen molar-refractivity contribution >= 4 is 10.9 Å². The molecule has 2 aliphatic carbocycles. The largest absolute Gasteiger partial charge is 0.490 e. The van der Waals surface area contributed by atoms with Gasteiger partial charge in [-0.1, -0.05) is 54.6 Å². The van der Waals surface area contributed by atoms with E-state index >= 15 is 0 Å². The van der Waals surface area contributed by atoms with Gasteiger partial charge >= 0.3 is 0 Å². The smallest absolute Gasteiger partial charge is 0.263 e. The molecule has 1 aromatic heterocycles. The van der Waals surface area contributed by atoms with Crippen molar-refractivity contribution in [2.45, 2.75) is 29.9 Å². The lowest BCUT2D eigenvalue weighted by Crippen LogP contribution is -2.50. The maximum atomic E-state index is 15.0. The molecule has 5 nitrogen and oxygen atoms in total. The highest BCUT2D eigenvalue weighted by molar-refractivity contribution is 5.84. The van der Waals surface area contributed by atoms with Crippen LogP contribution >= 0.6 is 0 Å². The predicted octanol–water partition coefficient (Wildman–Crippen LogP) is 5.21. The summed E-state index contributed by atoms with van der Waals surface area (Å²) in [5.41, 5.74) is 4.44. The van der Waals surface area contributed by atoms with E-state index in [-0.39, 0.29) is 12.6 Å². The van der Waals surface area contributed by atoms with Crippen molar-refractivity contribution in [3.05, 3.63) is 107 Å². The number of hydrogen-bond donors (Lipinski definition) is 1. The van der Waals surface area contributed by atoms with Crippen LogP contribution in [0.3, 0.4) is 0 Å². The molecule has 7 heteroatoms. The Hall–Kier alpha value is -3.39. The molecule has 3 aromatic carbocycles. The maximum absolute atomic E-state index is 15.0. The van der Waals surface area contributed by atoms with E-state index in [9.17, 15) is 13.9 Å². The molecule has 0 bridgehead atoms. The standard InChI is InChI=1S/C32H31F2N3O2/c33-32(34)29-22-7-1-3-9-24(22)31(25-10-4-2-8-23(25)30(29)32)37-17-15-36(16-18-37)19-21(38)20-39-28-13-5-12-27-26(28)11-6-14-35-27/h1-14,21,29-31,38H,15-20H2/t21-,29-,30+,31-/m1/s1. The third-order valence-electron chi connectivity index (χ3n) is 8.58. The van der Waals surface area contributed by atoms with Crippen LogP contribution in [0.25, 0.3) is 10.9 Å². The normalized spacial score (nSPS) is 24.7. The van der Waals surface area contributed by atoms with Crippen LogP contribution in [0.5, 0.6) is 5.75 Å². The number of pyridine rings is 1. The van der Waals surface area contributed by atoms with Gasteiger partial charge in [0.05, 0.1) is 23.4 Å². The number of aliphatic hydroxyl groups excluding tert-OH is 1. The van der Waals surface area contributed by atoms with E-state index in [1.54, 1.807) is 6.20 Å². The molecule has 1 N–H and O–H groups in total. The van der Waals surface area contributed by atoms with Crippen LogP contribution in [0.4, 0.5) is 8.78 Å². The van der Waals surface area contributed by atoms with Crippen LogP contribution < -0.4 is 4.74 Å². The first-order valence-electron chi connectivity index (χ1n) is 13.7. The Labute approximate surface area is 226 Å². The monoisotopic (exact) mass is 527 g/mol. The van der Waals surface area contributed by atoms with Crippen LogP contribution in [-0.4, -0.2) is 71.2 Å². The summed E-state index contributed by atoms with van der Waals surface area (Å²) in [5, 5.41) is 11.7. The summed E-state index contributed by atoms with van der Waals surface area (Å²) in [6.45, 7) is 3.89. The van der Waals surface area contributed by atoms with Crippen LogP contribution in [0, 0.1) is 0 Å². The molecule has 0 amide bonds. The van der Waals surface area contributed by atoms with Crippen molar-refractivity contribution in [1.82, 2.24) is 14.8 Å². The number of piperazine rings is 1. The second kappa shape index (κ2) is 9.66. The number of ether oxygens (including phenoxy) is 1. The van der Waals surface area contributed by atoms with E-state index in [0.29, 0.717) is 6.54 Å². The van der Waals surface area contributed by atoms with Gasteiger partial charge in [0.15, 0.2) is 0 Å². The molecule has 1 saturated carbocycles. The Morgan fingerprint density at radius 3 is 2.13 bits per heavy atom. The third-order valence-corrected chi connectivity index (χ3v) is 8.58. The first kappa shape index (κ1) is 24.6. The predicted molar refractivity (Wildman–Crippen MR) is 146 cm³/mol. The molecule has 2 heterocycles. The number of alkyl halides is 2. The minimum Gasteiger partial charge on any atom is -0.490 e. The molecule has 2 fully saturated rings. The maximum Gasteiger partial charge on any atom is 0.263 e. The summed E-state index contributed by atoms with van der Waals surface area (Å²) >= 11 is 0. The van der Waals surface area contributed by atoms with Crippen molar-refractivity contribution in [1.29, 1.82) is 0 Å². The highest BCUT2D eigenvalue weighted by Gasteiger charge is 2.71. The Kier molecular flexibility index (Phi) is 6.10. The summed E-state index contributed by atoms with van der Waals surface area (Å²) < 4.78 is 35.9. The van der Waals surface area contributed by atoms with Crippen molar-refractivity contribution in [2.75, 3.05) is 39.3 Å². The number of rotatable bonds is 6. The molecule has 0 unspecified atom stereocenters. The number of halogens is 2. The molecular weight excluding hydrogens is 496 g/mol. The molecule has 1 aliphatic heterocycles. The van der Waals surface area contributed by atoms with E-state index in [2.05, 4.69) is 14.8 Å².